The van der Waals surface area contributed by atoms with Crippen LogP contribution in [-0.2, 0) is 9.59 Å². The van der Waals surface area contributed by atoms with Crippen molar-refractivity contribution in [1.29, 1.82) is 0 Å². The van der Waals surface area contributed by atoms with E-state index in [1.165, 1.54) is 36.4 Å². The zero-order chi connectivity index (χ0) is 24.6. The first-order chi connectivity index (χ1) is 16.0. The first-order valence-corrected chi connectivity index (χ1v) is 9.77. The van der Waals surface area contributed by atoms with Gasteiger partial charge in [0.2, 0.25) is 0 Å². The van der Waals surface area contributed by atoms with Gasteiger partial charge in [-0.15, -0.1) is 13.2 Å². The molecule has 0 bridgehead atoms. The zero-order valence-corrected chi connectivity index (χ0v) is 17.1. The van der Waals surface area contributed by atoms with Crippen LogP contribution in [0.25, 0.3) is 5.76 Å². The monoisotopic (exact) mass is 473 g/mol. The van der Waals surface area contributed by atoms with Gasteiger partial charge in [0.05, 0.1) is 11.6 Å². The number of aromatic hydroxyl groups is 1. The number of aliphatic hydroxyl groups is 1. The molecule has 1 unspecified atom stereocenters. The summed E-state index contributed by atoms with van der Waals surface area (Å²) in [4.78, 5) is 27.0. The van der Waals surface area contributed by atoms with Gasteiger partial charge in [-0.1, -0.05) is 12.1 Å². The molecule has 0 aromatic heterocycles. The molecule has 174 valence electrons. The Kier molecular flexibility index (Phi) is 5.74. The first kappa shape index (κ1) is 22.8. The van der Waals surface area contributed by atoms with Crippen molar-refractivity contribution >= 4 is 23.1 Å². The molecule has 0 radical (unpaired) electrons. The molecule has 6 nitrogen and oxygen atoms in total. The second-order valence-corrected chi connectivity index (χ2v) is 7.31. The summed E-state index contributed by atoms with van der Waals surface area (Å²) >= 11 is 0. The van der Waals surface area contributed by atoms with E-state index in [0.717, 1.165) is 41.3 Å². The number of hydrogen-bond acceptors (Lipinski definition) is 5. The minimum Gasteiger partial charge on any atom is -0.508 e. The minimum absolute atomic E-state index is 0.0628. The molecular formula is C24H15F4NO5. The van der Waals surface area contributed by atoms with Gasteiger partial charge in [-0.25, -0.2) is 4.39 Å². The van der Waals surface area contributed by atoms with E-state index in [9.17, 15) is 37.4 Å². The highest BCUT2D eigenvalue weighted by molar-refractivity contribution is 6.51. The molecule has 1 atom stereocenters. The van der Waals surface area contributed by atoms with Gasteiger partial charge in [-0.3, -0.25) is 14.5 Å². The molecule has 0 saturated carbocycles. The van der Waals surface area contributed by atoms with Crippen LogP contribution >= 0.6 is 0 Å². The molecule has 1 aliphatic heterocycles. The van der Waals surface area contributed by atoms with E-state index < -0.39 is 41.4 Å². The molecule has 3 aromatic carbocycles. The van der Waals surface area contributed by atoms with E-state index in [2.05, 4.69) is 4.74 Å². The van der Waals surface area contributed by atoms with Crippen LogP contribution in [0.15, 0.2) is 78.4 Å². The summed E-state index contributed by atoms with van der Waals surface area (Å²) in [6.07, 6.45) is -4.91. The molecule has 4 rings (SSSR count). The lowest BCUT2D eigenvalue weighted by Crippen LogP contribution is -2.29. The number of benzene rings is 3. The third-order valence-corrected chi connectivity index (χ3v) is 5.12. The first-order valence-electron chi connectivity index (χ1n) is 9.77. The highest BCUT2D eigenvalue weighted by Gasteiger charge is 2.47. The van der Waals surface area contributed by atoms with Gasteiger partial charge < -0.3 is 14.9 Å². The number of alkyl halides is 3. The van der Waals surface area contributed by atoms with Crippen LogP contribution in [0, 0.1) is 5.82 Å². The number of Topliss-reactive ketones (excluding diaryl/α,β-unsaturated/α-hetero) is 1. The summed E-state index contributed by atoms with van der Waals surface area (Å²) in [6, 6.07) is 13.2. The van der Waals surface area contributed by atoms with Crippen LogP contribution in [0.3, 0.4) is 0 Å². The highest BCUT2D eigenvalue weighted by Crippen LogP contribution is 2.43. The van der Waals surface area contributed by atoms with Gasteiger partial charge >= 0.3 is 6.36 Å². The standard InChI is InChI=1S/C24H15F4NO5/c25-15-5-1-14(2-6-15)21(31)19-20(13-3-9-17(30)10-4-13)29(23(33)22(19)32)16-7-11-18(12-8-16)34-24(26,27)28/h1-12,20,30-31H/b21-19+. The molecule has 1 aliphatic rings. The number of rotatable bonds is 4. The minimum atomic E-state index is -4.91. The third kappa shape index (κ3) is 4.42. The predicted molar refractivity (Wildman–Crippen MR) is 112 cm³/mol. The normalized spacial score (nSPS) is 17.8. The van der Waals surface area contributed by atoms with Gasteiger partial charge in [-0.2, -0.15) is 0 Å². The number of hydrogen-bond donors (Lipinski definition) is 2. The molecule has 3 aromatic rings. The Morgan fingerprint density at radius 2 is 1.47 bits per heavy atom. The lowest BCUT2D eigenvalue weighted by Gasteiger charge is -2.25. The average molecular weight is 473 g/mol. The number of carbonyl (C=O) groups excluding carboxylic acids is 2. The lowest BCUT2D eigenvalue weighted by atomic mass is 9.95. The molecule has 10 heteroatoms. The molecule has 34 heavy (non-hydrogen) atoms. The fourth-order valence-electron chi connectivity index (χ4n) is 3.64. The van der Waals surface area contributed by atoms with Gasteiger partial charge in [0.1, 0.15) is 23.1 Å². The summed E-state index contributed by atoms with van der Waals surface area (Å²) in [6.45, 7) is 0. The fraction of sp³-hybridized carbons (Fsp3) is 0.0833. The molecule has 1 saturated heterocycles. The second-order valence-electron chi connectivity index (χ2n) is 7.31. The smallest absolute Gasteiger partial charge is 0.508 e. The molecule has 0 spiro atoms. The Morgan fingerprint density at radius 1 is 0.882 bits per heavy atom. The van der Waals surface area contributed by atoms with Crippen LogP contribution in [0.2, 0.25) is 0 Å². The van der Waals surface area contributed by atoms with Gasteiger partial charge in [0.25, 0.3) is 11.7 Å². The number of aliphatic hydroxyl groups excluding tert-OH is 1. The number of carbonyl (C=O) groups is 2. The van der Waals surface area contributed by atoms with Crippen molar-refractivity contribution in [3.63, 3.8) is 0 Å². The summed E-state index contributed by atoms with van der Waals surface area (Å²) < 4.78 is 54.6. The van der Waals surface area contributed by atoms with Crippen molar-refractivity contribution in [1.82, 2.24) is 0 Å². The molecule has 1 fully saturated rings. The number of nitrogens with zero attached hydrogens (tertiary/aromatic N) is 1. The number of ether oxygens (including phenoxy) is 1. The van der Waals surface area contributed by atoms with Crippen molar-refractivity contribution < 1.29 is 42.1 Å². The Bertz CT molecular complexity index is 1270. The molecule has 1 heterocycles. The number of ketones is 1. The predicted octanol–water partition coefficient (Wildman–Crippen LogP) is 5.06. The van der Waals surface area contributed by atoms with Crippen molar-refractivity contribution in [3.05, 3.63) is 95.3 Å². The zero-order valence-electron chi connectivity index (χ0n) is 17.1. The SMILES string of the molecule is O=C1C(=O)N(c2ccc(OC(F)(F)F)cc2)C(c2ccc(O)cc2)/C1=C(\O)c1ccc(F)cc1. The Labute approximate surface area is 189 Å². The quantitative estimate of drug-likeness (QED) is 0.240. The maximum atomic E-state index is 13.3. The maximum absolute atomic E-state index is 13.3. The third-order valence-electron chi connectivity index (χ3n) is 5.12. The Morgan fingerprint density at radius 3 is 2.03 bits per heavy atom. The number of phenols is 1. The lowest BCUT2D eigenvalue weighted by molar-refractivity contribution is -0.274. The molecule has 0 aliphatic carbocycles. The van der Waals surface area contributed by atoms with Crippen LogP contribution in [0.1, 0.15) is 17.2 Å². The van der Waals surface area contributed by atoms with Gasteiger partial charge in [0, 0.05) is 11.3 Å². The van der Waals surface area contributed by atoms with Crippen molar-refractivity contribution in [3.8, 4) is 11.5 Å². The molecule has 1 amide bonds. The number of amides is 1. The van der Waals surface area contributed by atoms with Crippen molar-refractivity contribution in [2.45, 2.75) is 12.4 Å². The van der Waals surface area contributed by atoms with E-state index in [0.29, 0.717) is 5.56 Å². The summed E-state index contributed by atoms with van der Waals surface area (Å²) in [5, 5.41) is 20.5. The van der Waals surface area contributed by atoms with E-state index >= 15 is 0 Å². The highest BCUT2D eigenvalue weighted by atomic mass is 19.4. The topological polar surface area (TPSA) is 87.1 Å². The van der Waals surface area contributed by atoms with Crippen LogP contribution < -0.4 is 9.64 Å². The summed E-state index contributed by atoms with van der Waals surface area (Å²) in [5.74, 6) is -3.83. The Hall–Kier alpha value is -4.34. The largest absolute Gasteiger partial charge is 0.573 e. The number of phenolic OH excluding ortho intramolecular Hbond substituents is 1. The number of anilines is 1. The van der Waals surface area contributed by atoms with E-state index in [4.69, 9.17) is 0 Å². The van der Waals surface area contributed by atoms with E-state index in [1.54, 1.807) is 0 Å². The van der Waals surface area contributed by atoms with E-state index in [1.807, 2.05) is 0 Å². The van der Waals surface area contributed by atoms with E-state index in [-0.39, 0.29) is 22.6 Å². The van der Waals surface area contributed by atoms with Gasteiger partial charge in [-0.05, 0) is 66.2 Å². The average Bonchev–Trinajstić information content (AvgIpc) is 3.04. The molecule has 2 N–H and O–H groups in total. The summed E-state index contributed by atoms with van der Waals surface area (Å²) in [5.41, 5.74) is 0.166. The second kappa shape index (κ2) is 8.54. The fourth-order valence-corrected chi connectivity index (χ4v) is 3.64. The van der Waals surface area contributed by atoms with Crippen LogP contribution in [0.4, 0.5) is 23.2 Å². The van der Waals surface area contributed by atoms with Crippen molar-refractivity contribution in [2.24, 2.45) is 0 Å². The summed E-state index contributed by atoms with van der Waals surface area (Å²) in [7, 11) is 0. The van der Waals surface area contributed by atoms with Gasteiger partial charge in [0.15, 0.2) is 0 Å². The molecular weight excluding hydrogens is 458 g/mol. The van der Waals surface area contributed by atoms with Crippen LogP contribution in [0.5, 0.6) is 11.5 Å². The number of halogens is 4. The van der Waals surface area contributed by atoms with Crippen LogP contribution in [-0.4, -0.2) is 28.3 Å². The maximum Gasteiger partial charge on any atom is 0.573 e. The van der Waals surface area contributed by atoms with Crippen molar-refractivity contribution in [2.75, 3.05) is 4.90 Å². The Balaban J connectivity index is 1.84.